The average molecular weight is 335 g/mol. The molecule has 0 fully saturated rings. The lowest BCUT2D eigenvalue weighted by Crippen LogP contribution is -2.16. The summed E-state index contributed by atoms with van der Waals surface area (Å²) in [5, 5.41) is 4.37. The fraction of sp³-hybridized carbons (Fsp3) is 0.182. The summed E-state index contributed by atoms with van der Waals surface area (Å²) in [5.74, 6) is 0.179. The first kappa shape index (κ1) is 15.0. The molecule has 2 rings (SSSR count). The van der Waals surface area contributed by atoms with Gasteiger partial charge in [0.05, 0.1) is 16.4 Å². The molecule has 1 heterocycles. The molecule has 1 aromatic heterocycles. The van der Waals surface area contributed by atoms with E-state index >= 15 is 0 Å². The molecular weight excluding hydrogens is 323 g/mol. The molecule has 6 nitrogen and oxygen atoms in total. The quantitative estimate of drug-likeness (QED) is 0.901. The maximum Gasteiger partial charge on any atom is 0.264 e. The SMILES string of the molecule is Cc1nn(C)c(NS(=O)(=O)c2cc(Cl)ccc2Cl)c1N. The molecule has 0 aliphatic rings. The number of rotatable bonds is 3. The third kappa shape index (κ3) is 2.70. The van der Waals surface area contributed by atoms with Gasteiger partial charge in [-0.15, -0.1) is 0 Å². The molecule has 0 aliphatic heterocycles. The first-order valence-electron chi connectivity index (χ1n) is 5.49. The zero-order valence-electron chi connectivity index (χ0n) is 10.7. The molecule has 1 aromatic carbocycles. The number of benzene rings is 1. The van der Waals surface area contributed by atoms with Gasteiger partial charge in [0.2, 0.25) is 0 Å². The van der Waals surface area contributed by atoms with E-state index in [1.807, 2.05) is 0 Å². The van der Waals surface area contributed by atoms with E-state index in [1.165, 1.54) is 22.9 Å². The van der Waals surface area contributed by atoms with Gasteiger partial charge in [0.25, 0.3) is 10.0 Å². The predicted molar refractivity (Wildman–Crippen MR) is 79.6 cm³/mol. The Morgan fingerprint density at radius 2 is 2.00 bits per heavy atom. The highest BCUT2D eigenvalue weighted by Gasteiger charge is 2.22. The van der Waals surface area contributed by atoms with E-state index < -0.39 is 10.0 Å². The smallest absolute Gasteiger partial charge is 0.264 e. The molecule has 0 radical (unpaired) electrons. The van der Waals surface area contributed by atoms with E-state index in [1.54, 1.807) is 14.0 Å². The van der Waals surface area contributed by atoms with E-state index in [9.17, 15) is 8.42 Å². The second kappa shape index (κ2) is 5.16. The van der Waals surface area contributed by atoms with Crippen LogP contribution < -0.4 is 10.5 Å². The van der Waals surface area contributed by atoms with Crippen LogP contribution in [0.4, 0.5) is 11.5 Å². The minimum Gasteiger partial charge on any atom is -0.394 e. The van der Waals surface area contributed by atoms with Crippen molar-refractivity contribution in [2.45, 2.75) is 11.8 Å². The standard InChI is InChI=1S/C11H12Cl2N4O2S/c1-6-10(14)11(17(2)15-6)16-20(18,19)9-5-7(12)3-4-8(9)13/h3-5,16H,14H2,1-2H3. The van der Waals surface area contributed by atoms with Crippen LogP contribution in [0, 0.1) is 6.92 Å². The van der Waals surface area contributed by atoms with Crippen molar-refractivity contribution in [1.29, 1.82) is 0 Å². The summed E-state index contributed by atoms with van der Waals surface area (Å²) in [6, 6.07) is 4.19. The van der Waals surface area contributed by atoms with Gasteiger partial charge in [0.15, 0.2) is 5.82 Å². The Morgan fingerprint density at radius 1 is 1.35 bits per heavy atom. The lowest BCUT2D eigenvalue weighted by molar-refractivity contribution is 0.600. The Kier molecular flexibility index (Phi) is 3.86. The molecule has 0 bridgehead atoms. The van der Waals surface area contributed by atoms with Crippen LogP contribution in [0.5, 0.6) is 0 Å². The van der Waals surface area contributed by atoms with Crippen molar-refractivity contribution in [3.8, 4) is 0 Å². The van der Waals surface area contributed by atoms with Crippen molar-refractivity contribution in [3.05, 3.63) is 33.9 Å². The molecule has 0 spiro atoms. The molecule has 0 aliphatic carbocycles. The van der Waals surface area contributed by atoms with E-state index in [4.69, 9.17) is 28.9 Å². The summed E-state index contributed by atoms with van der Waals surface area (Å²) in [7, 11) is -2.32. The molecule has 2 aromatic rings. The number of sulfonamides is 1. The molecule has 0 atom stereocenters. The van der Waals surface area contributed by atoms with Crippen LogP contribution in [-0.4, -0.2) is 18.2 Å². The van der Waals surface area contributed by atoms with Gasteiger partial charge >= 0.3 is 0 Å². The summed E-state index contributed by atoms with van der Waals surface area (Å²) in [4.78, 5) is -0.120. The Hall–Kier alpha value is -1.44. The Labute approximate surface area is 126 Å². The average Bonchev–Trinajstić information content (AvgIpc) is 2.59. The van der Waals surface area contributed by atoms with Gasteiger partial charge in [-0.05, 0) is 25.1 Å². The van der Waals surface area contributed by atoms with Gasteiger partial charge in [0, 0.05) is 12.1 Å². The summed E-state index contributed by atoms with van der Waals surface area (Å²) >= 11 is 11.7. The number of nitrogens with two attached hydrogens (primary N) is 1. The van der Waals surface area contributed by atoms with Crippen molar-refractivity contribution in [2.24, 2.45) is 7.05 Å². The second-order valence-corrected chi connectivity index (χ2v) is 6.65. The number of aromatic nitrogens is 2. The minimum absolute atomic E-state index is 0.0689. The molecule has 0 amide bonds. The van der Waals surface area contributed by atoms with Crippen LogP contribution in [0.1, 0.15) is 5.69 Å². The number of hydrogen-bond donors (Lipinski definition) is 2. The van der Waals surface area contributed by atoms with Crippen LogP contribution in [0.15, 0.2) is 23.1 Å². The summed E-state index contributed by atoms with van der Waals surface area (Å²) in [6.45, 7) is 1.68. The van der Waals surface area contributed by atoms with Crippen LogP contribution >= 0.6 is 23.2 Å². The number of aryl methyl sites for hydroxylation is 2. The third-order valence-corrected chi connectivity index (χ3v) is 4.74. The first-order chi connectivity index (χ1) is 9.22. The van der Waals surface area contributed by atoms with Gasteiger partial charge in [-0.3, -0.25) is 4.72 Å². The first-order valence-corrected chi connectivity index (χ1v) is 7.73. The van der Waals surface area contributed by atoms with Crippen molar-refractivity contribution in [1.82, 2.24) is 9.78 Å². The Bertz CT molecular complexity index is 771. The normalized spacial score (nSPS) is 11.6. The fourth-order valence-corrected chi connectivity index (χ4v) is 3.53. The van der Waals surface area contributed by atoms with E-state index in [2.05, 4.69) is 9.82 Å². The van der Waals surface area contributed by atoms with Gasteiger partial charge < -0.3 is 5.73 Å². The molecule has 0 unspecified atom stereocenters. The van der Waals surface area contributed by atoms with Gasteiger partial charge in [-0.25, -0.2) is 13.1 Å². The highest BCUT2D eigenvalue weighted by molar-refractivity contribution is 7.92. The van der Waals surface area contributed by atoms with Crippen molar-refractivity contribution >= 4 is 44.7 Å². The van der Waals surface area contributed by atoms with Gasteiger partial charge in [-0.1, -0.05) is 23.2 Å². The van der Waals surface area contributed by atoms with Crippen LogP contribution in [0.3, 0.4) is 0 Å². The lowest BCUT2D eigenvalue weighted by Gasteiger charge is -2.10. The maximum absolute atomic E-state index is 12.3. The summed E-state index contributed by atoms with van der Waals surface area (Å²) in [5.41, 5.74) is 6.58. The highest BCUT2D eigenvalue weighted by atomic mass is 35.5. The molecular formula is C11H12Cl2N4O2S. The van der Waals surface area contributed by atoms with Crippen LogP contribution in [0.25, 0.3) is 0 Å². The third-order valence-electron chi connectivity index (χ3n) is 2.68. The van der Waals surface area contributed by atoms with E-state index in [0.717, 1.165) is 0 Å². The minimum atomic E-state index is -3.91. The Morgan fingerprint density at radius 3 is 2.55 bits per heavy atom. The van der Waals surface area contributed by atoms with E-state index in [-0.39, 0.29) is 26.4 Å². The summed E-state index contributed by atoms with van der Waals surface area (Å²) in [6.07, 6.45) is 0. The maximum atomic E-state index is 12.3. The highest BCUT2D eigenvalue weighted by Crippen LogP contribution is 2.29. The van der Waals surface area contributed by atoms with E-state index in [0.29, 0.717) is 5.69 Å². The number of anilines is 2. The number of nitrogen functional groups attached to an aromatic ring is 1. The topological polar surface area (TPSA) is 90.0 Å². The zero-order valence-corrected chi connectivity index (χ0v) is 13.0. The number of nitrogens with one attached hydrogen (secondary N) is 1. The van der Waals surface area contributed by atoms with Crippen LogP contribution in [0.2, 0.25) is 10.0 Å². The monoisotopic (exact) mass is 334 g/mol. The molecule has 0 saturated carbocycles. The van der Waals surface area contributed by atoms with Crippen molar-refractivity contribution in [2.75, 3.05) is 10.5 Å². The van der Waals surface area contributed by atoms with Crippen LogP contribution in [-0.2, 0) is 17.1 Å². The number of nitrogens with zero attached hydrogens (tertiary/aromatic N) is 2. The van der Waals surface area contributed by atoms with Crippen molar-refractivity contribution < 1.29 is 8.42 Å². The molecule has 20 heavy (non-hydrogen) atoms. The predicted octanol–water partition coefficient (Wildman–Crippen LogP) is 2.42. The molecule has 108 valence electrons. The van der Waals surface area contributed by atoms with Gasteiger partial charge in [0.1, 0.15) is 4.90 Å². The number of halogens is 2. The van der Waals surface area contributed by atoms with Crippen molar-refractivity contribution in [3.63, 3.8) is 0 Å². The molecule has 9 heteroatoms. The lowest BCUT2D eigenvalue weighted by atomic mass is 10.4. The largest absolute Gasteiger partial charge is 0.394 e. The van der Waals surface area contributed by atoms with Gasteiger partial charge in [-0.2, -0.15) is 5.10 Å². The Balaban J connectivity index is 2.49. The molecule has 3 N–H and O–H groups in total. The fourth-order valence-electron chi connectivity index (χ4n) is 1.66. The second-order valence-electron chi connectivity index (χ2n) is 4.15. The summed E-state index contributed by atoms with van der Waals surface area (Å²) < 4.78 is 28.4. The zero-order chi connectivity index (χ0) is 15.1. The number of hydrogen-bond acceptors (Lipinski definition) is 4. The molecule has 0 saturated heterocycles.